The number of rotatable bonds is 7. The Bertz CT molecular complexity index is 3500. The topological polar surface area (TPSA) is 74.3 Å². The molecule has 0 unspecified atom stereocenters. The maximum atomic E-state index is 5.27. The van der Waals surface area contributed by atoms with Crippen LogP contribution in [-0.4, -0.2) is 34.1 Å². The lowest BCUT2D eigenvalue weighted by Crippen LogP contribution is -2.06. The fourth-order valence-corrected chi connectivity index (χ4v) is 8.83. The Hall–Kier alpha value is -8.55. The first-order valence-corrected chi connectivity index (χ1v) is 20.7. The van der Waals surface area contributed by atoms with Gasteiger partial charge in [-0.25, -0.2) is 15.0 Å². The lowest BCUT2D eigenvalue weighted by Gasteiger charge is -2.15. The summed E-state index contributed by atoms with van der Waals surface area (Å²) in [5, 5.41) is 4.52. The Morgan fingerprint density at radius 1 is 0.290 bits per heavy atom. The van der Waals surface area contributed by atoms with Gasteiger partial charge in [0.05, 0.1) is 39.1 Å². The van der Waals surface area contributed by atoms with Crippen LogP contribution in [0.5, 0.6) is 0 Å². The molecule has 0 saturated carbocycles. The van der Waals surface area contributed by atoms with Crippen molar-refractivity contribution >= 4 is 43.6 Å². The molecule has 0 amide bonds. The number of nitrogens with zero attached hydrogens (tertiary/aromatic N) is 7. The first-order chi connectivity index (χ1) is 30.8. The van der Waals surface area contributed by atoms with E-state index in [0.29, 0.717) is 23.4 Å². The van der Waals surface area contributed by atoms with Crippen LogP contribution in [0.2, 0.25) is 0 Å². The summed E-state index contributed by atoms with van der Waals surface area (Å²) in [6, 6.07) is 73.1. The van der Waals surface area contributed by atoms with Gasteiger partial charge < -0.3 is 4.57 Å². The zero-order valence-electron chi connectivity index (χ0n) is 33.3. The number of fused-ring (bicyclic) bond motifs is 7. The molecule has 4 aromatic heterocycles. The number of para-hydroxylation sites is 3. The molecular weight excluding hydrogens is 759 g/mol. The zero-order chi connectivity index (χ0) is 41.0. The SMILES string of the molecule is c1ccc(-c2cc(-c3ccccc3)nc(-c3ccccc3-n3c4ccccc4c4c5c6ccccc6n(-c6nc(-c7ccccc7)nc(-c7ccccc7)n6)c5ccc43)n2)cc1. The Morgan fingerprint density at radius 3 is 1.24 bits per heavy atom. The van der Waals surface area contributed by atoms with Crippen LogP contribution in [0.1, 0.15) is 0 Å². The summed E-state index contributed by atoms with van der Waals surface area (Å²) in [5.41, 5.74) is 11.7. The van der Waals surface area contributed by atoms with E-state index in [1.807, 2.05) is 97.1 Å². The van der Waals surface area contributed by atoms with Crippen molar-refractivity contribution in [1.29, 1.82) is 0 Å². The van der Waals surface area contributed by atoms with Gasteiger partial charge >= 0.3 is 0 Å². The molecule has 0 radical (unpaired) electrons. The van der Waals surface area contributed by atoms with Gasteiger partial charge in [-0.1, -0.05) is 170 Å². The van der Waals surface area contributed by atoms with Gasteiger partial charge in [0.2, 0.25) is 5.95 Å². The molecule has 0 N–H and O–H groups in total. The van der Waals surface area contributed by atoms with Crippen molar-refractivity contribution in [3.63, 3.8) is 0 Å². The summed E-state index contributed by atoms with van der Waals surface area (Å²) in [6.07, 6.45) is 0. The van der Waals surface area contributed by atoms with Crippen molar-refractivity contribution in [1.82, 2.24) is 34.1 Å². The smallest absolute Gasteiger partial charge is 0.238 e. The number of benzene rings is 8. The lowest BCUT2D eigenvalue weighted by molar-refractivity contribution is 0.953. The molecule has 12 aromatic rings. The molecule has 0 bridgehead atoms. The summed E-state index contributed by atoms with van der Waals surface area (Å²) >= 11 is 0. The fourth-order valence-electron chi connectivity index (χ4n) is 8.83. The molecule has 7 heteroatoms. The third-order valence-electron chi connectivity index (χ3n) is 11.6. The minimum Gasteiger partial charge on any atom is -0.308 e. The molecule has 0 aliphatic heterocycles. The largest absolute Gasteiger partial charge is 0.308 e. The second kappa shape index (κ2) is 14.6. The van der Waals surface area contributed by atoms with Gasteiger partial charge in [0.25, 0.3) is 0 Å². The van der Waals surface area contributed by atoms with Crippen LogP contribution in [0.4, 0.5) is 0 Å². The van der Waals surface area contributed by atoms with Gasteiger partial charge in [0.1, 0.15) is 0 Å². The van der Waals surface area contributed by atoms with Gasteiger partial charge in [-0.3, -0.25) is 4.57 Å². The molecule has 0 aliphatic carbocycles. The van der Waals surface area contributed by atoms with Crippen LogP contribution < -0.4 is 0 Å². The van der Waals surface area contributed by atoms with Crippen LogP contribution >= 0.6 is 0 Å². The highest BCUT2D eigenvalue weighted by Gasteiger charge is 2.24. The molecule has 62 heavy (non-hydrogen) atoms. The molecule has 0 fully saturated rings. The van der Waals surface area contributed by atoms with E-state index in [2.05, 4.69) is 124 Å². The van der Waals surface area contributed by atoms with Crippen molar-refractivity contribution in [2.24, 2.45) is 0 Å². The predicted molar refractivity (Wildman–Crippen MR) is 251 cm³/mol. The highest BCUT2D eigenvalue weighted by Crippen LogP contribution is 2.43. The average molecular weight is 794 g/mol. The van der Waals surface area contributed by atoms with E-state index in [1.54, 1.807) is 0 Å². The normalized spacial score (nSPS) is 11.5. The summed E-state index contributed by atoms with van der Waals surface area (Å²) in [6.45, 7) is 0. The molecule has 8 aromatic carbocycles. The molecular formula is C55H35N7. The highest BCUT2D eigenvalue weighted by molar-refractivity contribution is 6.29. The standard InChI is InChI=1S/C55H35N7/c1-5-19-36(20-6-1)43-35-44(37-21-7-2-8-22-37)57-54(56-43)42-29-15-18-32-47(42)61-45-30-16-13-27-40(45)50-48(61)33-34-49-51(50)41-28-14-17-31-46(41)62(49)55-59-52(38-23-9-3-10-24-38)58-53(60-55)39-25-11-4-12-26-39/h1-35H. The first kappa shape index (κ1) is 35.4. The van der Waals surface area contributed by atoms with E-state index in [1.165, 1.54) is 0 Å². The van der Waals surface area contributed by atoms with E-state index in [-0.39, 0.29) is 0 Å². The minimum atomic E-state index is 0.557. The quantitative estimate of drug-likeness (QED) is 0.161. The molecule has 0 saturated heterocycles. The van der Waals surface area contributed by atoms with Crippen molar-refractivity contribution in [3.05, 3.63) is 212 Å². The maximum Gasteiger partial charge on any atom is 0.238 e. The van der Waals surface area contributed by atoms with E-state index >= 15 is 0 Å². The van der Waals surface area contributed by atoms with Crippen molar-refractivity contribution < 1.29 is 0 Å². The summed E-state index contributed by atoms with van der Waals surface area (Å²) < 4.78 is 4.56. The Morgan fingerprint density at radius 2 is 0.710 bits per heavy atom. The molecule has 0 atom stereocenters. The Kier molecular flexibility index (Phi) is 8.35. The third-order valence-corrected chi connectivity index (χ3v) is 11.6. The lowest BCUT2D eigenvalue weighted by atomic mass is 10.1. The fraction of sp³-hybridized carbons (Fsp3) is 0. The molecule has 12 rings (SSSR count). The molecule has 0 aliphatic rings. The Balaban J connectivity index is 1.12. The van der Waals surface area contributed by atoms with Crippen LogP contribution in [0.3, 0.4) is 0 Å². The third kappa shape index (κ3) is 5.86. The van der Waals surface area contributed by atoms with E-state index in [4.69, 9.17) is 24.9 Å². The summed E-state index contributed by atoms with van der Waals surface area (Å²) in [4.78, 5) is 25.9. The molecule has 290 valence electrons. The number of hydrogen-bond donors (Lipinski definition) is 0. The average Bonchev–Trinajstić information content (AvgIpc) is 3.88. The number of hydrogen-bond acceptors (Lipinski definition) is 5. The van der Waals surface area contributed by atoms with Crippen LogP contribution in [0.25, 0.3) is 112 Å². The molecule has 0 spiro atoms. The molecule has 7 nitrogen and oxygen atoms in total. The van der Waals surface area contributed by atoms with Crippen molar-refractivity contribution in [3.8, 4) is 68.3 Å². The van der Waals surface area contributed by atoms with E-state index in [0.717, 1.165) is 88.5 Å². The molecule has 4 heterocycles. The number of aromatic nitrogens is 7. The maximum absolute atomic E-state index is 5.27. The Labute approximate surface area is 356 Å². The first-order valence-electron chi connectivity index (χ1n) is 20.7. The van der Waals surface area contributed by atoms with Crippen LogP contribution in [0.15, 0.2) is 212 Å². The van der Waals surface area contributed by atoms with Gasteiger partial charge in [0.15, 0.2) is 17.5 Å². The second-order valence-corrected chi connectivity index (χ2v) is 15.3. The summed E-state index contributed by atoms with van der Waals surface area (Å²) in [5.74, 6) is 2.44. The van der Waals surface area contributed by atoms with Crippen molar-refractivity contribution in [2.75, 3.05) is 0 Å². The van der Waals surface area contributed by atoms with Crippen molar-refractivity contribution in [2.45, 2.75) is 0 Å². The van der Waals surface area contributed by atoms with E-state index < -0.39 is 0 Å². The van der Waals surface area contributed by atoms with Crippen LogP contribution in [-0.2, 0) is 0 Å². The van der Waals surface area contributed by atoms with Gasteiger partial charge in [-0.05, 0) is 42.5 Å². The monoisotopic (exact) mass is 793 g/mol. The van der Waals surface area contributed by atoms with Gasteiger partial charge in [0, 0.05) is 49.4 Å². The second-order valence-electron chi connectivity index (χ2n) is 15.3. The van der Waals surface area contributed by atoms with E-state index in [9.17, 15) is 0 Å². The zero-order valence-corrected chi connectivity index (χ0v) is 33.3. The summed E-state index contributed by atoms with van der Waals surface area (Å²) in [7, 11) is 0. The van der Waals surface area contributed by atoms with Gasteiger partial charge in [-0.15, -0.1) is 0 Å². The van der Waals surface area contributed by atoms with Gasteiger partial charge in [-0.2, -0.15) is 9.97 Å². The highest BCUT2D eigenvalue weighted by atomic mass is 15.2. The van der Waals surface area contributed by atoms with Crippen LogP contribution in [0, 0.1) is 0 Å². The predicted octanol–water partition coefficient (Wildman–Crippen LogP) is 13.2. The minimum absolute atomic E-state index is 0.557.